The lowest BCUT2D eigenvalue weighted by Crippen LogP contribution is -2.59. The Morgan fingerprint density at radius 1 is 1.29 bits per heavy atom. The predicted octanol–water partition coefficient (Wildman–Crippen LogP) is 2.19. The van der Waals surface area contributed by atoms with Gasteiger partial charge in [0.05, 0.1) is 31.7 Å². The number of tetrazole rings is 1. The maximum atomic E-state index is 13.9. The van der Waals surface area contributed by atoms with Gasteiger partial charge in [-0.3, -0.25) is 9.69 Å². The second kappa shape index (κ2) is 9.48. The van der Waals surface area contributed by atoms with Crippen LogP contribution < -0.4 is 0 Å². The van der Waals surface area contributed by atoms with Crippen LogP contribution in [0.2, 0.25) is 0 Å². The minimum absolute atomic E-state index is 0.0550. The second-order valence-electron chi connectivity index (χ2n) is 8.93. The van der Waals surface area contributed by atoms with Gasteiger partial charge in [-0.15, -0.1) is 5.10 Å². The maximum Gasteiger partial charge on any atom is 0.227 e. The number of rotatable bonds is 4. The van der Waals surface area contributed by atoms with Crippen molar-refractivity contribution in [1.82, 2.24) is 35.0 Å². The topological polar surface area (TPSA) is 93.6 Å². The van der Waals surface area contributed by atoms with E-state index in [0.717, 1.165) is 23.2 Å². The van der Waals surface area contributed by atoms with E-state index >= 15 is 0 Å². The van der Waals surface area contributed by atoms with Crippen LogP contribution in [0.5, 0.6) is 0 Å². The smallest absolute Gasteiger partial charge is 0.227 e. The van der Waals surface area contributed by atoms with Crippen molar-refractivity contribution in [3.8, 4) is 5.82 Å². The molecule has 2 fully saturated rings. The molecule has 0 radical (unpaired) electrons. The van der Waals surface area contributed by atoms with Crippen molar-refractivity contribution in [2.24, 2.45) is 0 Å². The van der Waals surface area contributed by atoms with E-state index in [0.29, 0.717) is 37.6 Å². The van der Waals surface area contributed by atoms with E-state index < -0.39 is 5.82 Å². The Balaban J connectivity index is 1.21. The molecule has 0 N–H and O–H groups in total. The minimum Gasteiger partial charge on any atom is -0.371 e. The monoisotopic (exact) mass is 476 g/mol. The number of hydrogen-bond acceptors (Lipinski definition) is 7. The first-order chi connectivity index (χ1) is 16.9. The molecule has 10 nitrogen and oxygen atoms in total. The minimum atomic E-state index is -0.502. The van der Waals surface area contributed by atoms with Gasteiger partial charge in [-0.1, -0.05) is 6.07 Å². The fourth-order valence-corrected chi connectivity index (χ4v) is 4.79. The highest BCUT2D eigenvalue weighted by Crippen LogP contribution is 2.34. The van der Waals surface area contributed by atoms with Gasteiger partial charge in [-0.25, -0.2) is 14.2 Å². The molecule has 3 aromatic rings. The summed E-state index contributed by atoms with van der Waals surface area (Å²) in [7, 11) is 0. The van der Waals surface area contributed by atoms with Crippen LogP contribution in [0.4, 0.5) is 10.1 Å². The van der Waals surface area contributed by atoms with Crippen molar-refractivity contribution < 1.29 is 13.9 Å². The third-order valence-corrected chi connectivity index (χ3v) is 6.86. The Labute approximate surface area is 202 Å². The van der Waals surface area contributed by atoms with E-state index in [-0.39, 0.29) is 30.2 Å². The molecular formula is C24H25FN8O2. The average Bonchev–Trinajstić information content (AvgIpc) is 3.40. The van der Waals surface area contributed by atoms with Crippen molar-refractivity contribution in [3.05, 3.63) is 70.2 Å². The van der Waals surface area contributed by atoms with Crippen molar-refractivity contribution >= 4 is 11.6 Å². The first-order valence-electron chi connectivity index (χ1n) is 11.4. The summed E-state index contributed by atoms with van der Waals surface area (Å²) in [5, 5.41) is 11.1. The summed E-state index contributed by atoms with van der Waals surface area (Å²) >= 11 is 0. The fraction of sp³-hybridized carbons (Fsp3) is 0.417. The van der Waals surface area contributed by atoms with E-state index in [1.807, 2.05) is 17.9 Å². The molecule has 2 aliphatic heterocycles. The predicted molar refractivity (Wildman–Crippen MR) is 123 cm³/mol. The number of pyridine rings is 1. The lowest BCUT2D eigenvalue weighted by Gasteiger charge is -2.46. The first kappa shape index (κ1) is 23.0. The number of morpholine rings is 1. The Morgan fingerprint density at radius 2 is 2.14 bits per heavy atom. The highest BCUT2D eigenvalue weighted by molar-refractivity contribution is 5.79. The molecule has 35 heavy (non-hydrogen) atoms. The number of benzene rings is 1. The van der Waals surface area contributed by atoms with Gasteiger partial charge in [0.15, 0.2) is 5.82 Å². The van der Waals surface area contributed by atoms with Gasteiger partial charge in [0, 0.05) is 32.4 Å². The Bertz CT molecular complexity index is 1290. The highest BCUT2D eigenvalue weighted by Gasteiger charge is 2.36. The standard InChI is InChI=1S/C24H25FN8O2/c1-15-8-22(33-14-28-29-30-33)27-10-17(15)9-23(34)32-7-6-31-12-21(35-13-18(31)11-32)19-4-5-20(25)24(26-3)16(19)2/h4-5,8,10,14,18,21H,6-7,9,11-13H2,1-2H3/t18-,21+/m1/s1. The molecule has 2 saturated heterocycles. The number of piperazine rings is 1. The van der Waals surface area contributed by atoms with Crippen LogP contribution in [0.1, 0.15) is 28.4 Å². The molecule has 0 saturated carbocycles. The molecule has 0 aliphatic carbocycles. The third-order valence-electron chi connectivity index (χ3n) is 6.86. The van der Waals surface area contributed by atoms with Gasteiger partial charge in [-0.05, 0) is 58.7 Å². The Kier molecular flexibility index (Phi) is 6.23. The summed E-state index contributed by atoms with van der Waals surface area (Å²) in [6.07, 6.45) is 3.24. The van der Waals surface area contributed by atoms with E-state index in [1.54, 1.807) is 19.2 Å². The van der Waals surface area contributed by atoms with Crippen molar-refractivity contribution in [2.45, 2.75) is 32.4 Å². The van der Waals surface area contributed by atoms with Crippen LogP contribution in [0.3, 0.4) is 0 Å². The Morgan fingerprint density at radius 3 is 2.89 bits per heavy atom. The lowest BCUT2D eigenvalue weighted by molar-refractivity contribution is -0.139. The van der Waals surface area contributed by atoms with E-state index in [2.05, 4.69) is 30.3 Å². The number of fused-ring (bicyclic) bond motifs is 1. The zero-order chi connectivity index (χ0) is 24.5. The molecule has 1 aromatic carbocycles. The molecule has 2 atom stereocenters. The van der Waals surface area contributed by atoms with Gasteiger partial charge < -0.3 is 9.64 Å². The number of carbonyl (C=O) groups excluding carboxylic acids is 1. The molecule has 180 valence electrons. The normalized spacial score (nSPS) is 20.3. The number of aryl methyl sites for hydroxylation is 1. The van der Waals surface area contributed by atoms with E-state index in [4.69, 9.17) is 11.3 Å². The molecule has 5 rings (SSSR count). The number of amides is 1. The number of halogens is 1. The van der Waals surface area contributed by atoms with Gasteiger partial charge in [-0.2, -0.15) is 4.68 Å². The van der Waals surface area contributed by atoms with E-state index in [1.165, 1.54) is 17.1 Å². The number of nitrogens with zero attached hydrogens (tertiary/aromatic N) is 8. The van der Waals surface area contributed by atoms with Crippen LogP contribution >= 0.6 is 0 Å². The van der Waals surface area contributed by atoms with Crippen LogP contribution in [0, 0.1) is 26.2 Å². The molecule has 2 aliphatic rings. The molecule has 0 bridgehead atoms. The van der Waals surface area contributed by atoms with E-state index in [9.17, 15) is 9.18 Å². The highest BCUT2D eigenvalue weighted by atomic mass is 19.1. The molecule has 0 spiro atoms. The quantitative estimate of drug-likeness (QED) is 0.533. The number of aromatic nitrogens is 5. The SMILES string of the molecule is [C-]#[N+]c1c(F)ccc([C@@H]2CN3CCN(C(=O)Cc4cnc(-n5cnnn5)cc4C)C[C@@H]3CO2)c1C. The molecule has 1 amide bonds. The van der Waals surface area contributed by atoms with Crippen LogP contribution in [-0.2, 0) is 16.0 Å². The molecule has 2 aromatic heterocycles. The zero-order valence-corrected chi connectivity index (χ0v) is 19.6. The van der Waals surface area contributed by atoms with Gasteiger partial charge in [0.25, 0.3) is 0 Å². The first-order valence-corrected chi connectivity index (χ1v) is 11.4. The Hall–Kier alpha value is -3.75. The van der Waals surface area contributed by atoms with Crippen LogP contribution in [-0.4, -0.2) is 79.7 Å². The average molecular weight is 477 g/mol. The molecule has 0 unspecified atom stereocenters. The zero-order valence-electron chi connectivity index (χ0n) is 19.6. The largest absolute Gasteiger partial charge is 0.371 e. The van der Waals surface area contributed by atoms with Gasteiger partial charge >= 0.3 is 0 Å². The number of carbonyl (C=O) groups is 1. The lowest BCUT2D eigenvalue weighted by atomic mass is 9.98. The van der Waals surface area contributed by atoms with Gasteiger partial charge in [0.1, 0.15) is 12.1 Å². The maximum absolute atomic E-state index is 13.9. The second-order valence-corrected chi connectivity index (χ2v) is 8.93. The molecule has 11 heteroatoms. The molecule has 4 heterocycles. The van der Waals surface area contributed by atoms with Crippen molar-refractivity contribution in [2.75, 3.05) is 32.8 Å². The fourth-order valence-electron chi connectivity index (χ4n) is 4.79. The van der Waals surface area contributed by atoms with Crippen molar-refractivity contribution in [1.29, 1.82) is 0 Å². The summed E-state index contributed by atoms with van der Waals surface area (Å²) in [6, 6.07) is 5.02. The van der Waals surface area contributed by atoms with Crippen LogP contribution in [0.25, 0.3) is 10.7 Å². The van der Waals surface area contributed by atoms with Gasteiger partial charge in [0.2, 0.25) is 11.6 Å². The third kappa shape index (κ3) is 4.50. The summed E-state index contributed by atoms with van der Waals surface area (Å²) in [5.74, 6) is 0.159. The van der Waals surface area contributed by atoms with Crippen molar-refractivity contribution in [3.63, 3.8) is 0 Å². The summed E-state index contributed by atoms with van der Waals surface area (Å²) in [6.45, 7) is 14.1. The molecular weight excluding hydrogens is 451 g/mol. The number of hydrogen-bond donors (Lipinski definition) is 0. The summed E-state index contributed by atoms with van der Waals surface area (Å²) in [4.78, 5) is 25.0. The summed E-state index contributed by atoms with van der Waals surface area (Å²) in [5.41, 5.74) is 3.36. The summed E-state index contributed by atoms with van der Waals surface area (Å²) < 4.78 is 21.5. The van der Waals surface area contributed by atoms with Crippen LogP contribution in [0.15, 0.2) is 30.7 Å². The number of ether oxygens (including phenoxy) is 1.